The van der Waals surface area contributed by atoms with Crippen molar-refractivity contribution >= 4 is 30.5 Å². The van der Waals surface area contributed by atoms with Gasteiger partial charge in [0.2, 0.25) is 5.91 Å². The van der Waals surface area contributed by atoms with Gasteiger partial charge in [-0.25, -0.2) is 13.9 Å². The normalized spacial score (nSPS) is 11.2. The molecule has 0 saturated heterocycles. The lowest BCUT2D eigenvalue weighted by molar-refractivity contribution is -0.116. The van der Waals surface area contributed by atoms with Gasteiger partial charge in [-0.1, -0.05) is 20.3 Å². The van der Waals surface area contributed by atoms with Crippen LogP contribution in [0.5, 0.6) is 11.5 Å². The predicted octanol–water partition coefficient (Wildman–Crippen LogP) is 5.25. The van der Waals surface area contributed by atoms with Crippen molar-refractivity contribution < 1.29 is 37.6 Å². The molecule has 2 aromatic rings. The molecule has 0 fully saturated rings. The summed E-state index contributed by atoms with van der Waals surface area (Å²) in [5.74, 6) is -0.155. The van der Waals surface area contributed by atoms with Crippen LogP contribution in [0, 0.1) is 0 Å². The van der Waals surface area contributed by atoms with Crippen LogP contribution in [-0.2, 0) is 22.6 Å². The zero-order valence-electron chi connectivity index (χ0n) is 22.7. The lowest BCUT2D eigenvalue weighted by Gasteiger charge is -2.12. The van der Waals surface area contributed by atoms with Crippen LogP contribution in [0.15, 0.2) is 57.7 Å². The van der Waals surface area contributed by atoms with E-state index in [1.54, 1.807) is 12.1 Å². The summed E-state index contributed by atoms with van der Waals surface area (Å²) in [7, 11) is -4.82. The number of phenols is 1. The molecule has 0 saturated carbocycles. The van der Waals surface area contributed by atoms with Crippen molar-refractivity contribution in [1.82, 2.24) is 10.3 Å². The number of benzene rings is 3. The molecule has 1 amide bonds. The average molecular weight is 590 g/mol. The summed E-state index contributed by atoms with van der Waals surface area (Å²) in [5, 5.41) is 16.2. The Balaban J connectivity index is 0.00000226. The first-order valence-electron chi connectivity index (χ1n) is 13.1. The van der Waals surface area contributed by atoms with Crippen LogP contribution in [0.2, 0.25) is 0 Å². The highest BCUT2D eigenvalue weighted by Crippen LogP contribution is 2.40. The second kappa shape index (κ2) is 14.7. The third-order valence-corrected chi connectivity index (χ3v) is 6.27. The molecule has 2 aromatic carbocycles. The number of anilines is 1. The van der Waals surface area contributed by atoms with E-state index in [1.165, 1.54) is 36.4 Å². The number of phosphoric acid groups is 1. The molecule has 0 spiro atoms. The van der Waals surface area contributed by atoms with Crippen LogP contribution in [-0.4, -0.2) is 32.3 Å². The van der Waals surface area contributed by atoms with Gasteiger partial charge in [0, 0.05) is 41.9 Å². The van der Waals surface area contributed by atoms with Crippen molar-refractivity contribution in [3.05, 3.63) is 69.9 Å². The van der Waals surface area contributed by atoms with Gasteiger partial charge in [0.25, 0.3) is 0 Å². The molecule has 13 heteroatoms. The summed E-state index contributed by atoms with van der Waals surface area (Å²) in [6.07, 6.45) is 2.42. The number of nitrogens with one attached hydrogen (secondary N) is 2. The zero-order chi connectivity index (χ0) is 30.0. The summed E-state index contributed by atoms with van der Waals surface area (Å²) in [6.45, 7) is 4.04. The molecule has 0 radical (unpaired) electrons. The Bertz CT molecular complexity index is 1560. The second-order valence-electron chi connectivity index (χ2n) is 8.87. The molecule has 1 aliphatic heterocycles. The molecular formula is C28H33FN3O8P. The minimum absolute atomic E-state index is 0.0482. The first-order valence-corrected chi connectivity index (χ1v) is 14.7. The number of phenolic OH excluding ortho intramolecular Hbond substituents is 1. The fourth-order valence-corrected chi connectivity index (χ4v) is 4.40. The van der Waals surface area contributed by atoms with Crippen molar-refractivity contribution in [2.24, 2.45) is 0 Å². The van der Waals surface area contributed by atoms with E-state index >= 15 is 0 Å². The number of amides is 1. The molecule has 5 N–H and O–H groups in total. The van der Waals surface area contributed by atoms with E-state index < -0.39 is 14.5 Å². The molecule has 11 nitrogen and oxygen atoms in total. The van der Waals surface area contributed by atoms with E-state index in [4.69, 9.17) is 14.2 Å². The van der Waals surface area contributed by atoms with E-state index in [9.17, 15) is 23.7 Å². The summed E-state index contributed by atoms with van der Waals surface area (Å²) < 4.78 is 34.3. The van der Waals surface area contributed by atoms with Crippen LogP contribution < -0.4 is 20.6 Å². The number of phosphoric ester groups is 1. The summed E-state index contributed by atoms with van der Waals surface area (Å²) in [5.41, 5.74) is 2.15. The Hall–Kier alpha value is -3.83. The minimum atomic E-state index is -4.82. The van der Waals surface area contributed by atoms with E-state index in [-0.39, 0.29) is 34.8 Å². The number of hydrogen-bond acceptors (Lipinski definition) is 8. The van der Waals surface area contributed by atoms with Gasteiger partial charge in [-0.2, -0.15) is 0 Å². The molecule has 41 heavy (non-hydrogen) atoms. The molecular weight excluding hydrogens is 556 g/mol. The topological polar surface area (TPSA) is 171 Å². The van der Waals surface area contributed by atoms with E-state index in [1.807, 2.05) is 13.8 Å². The lowest BCUT2D eigenvalue weighted by Crippen LogP contribution is -2.15. The minimum Gasteiger partial charge on any atom is -0.507 e. The fourth-order valence-electron chi connectivity index (χ4n) is 3.97. The van der Waals surface area contributed by atoms with Gasteiger partial charge in [0.1, 0.15) is 29.4 Å². The number of alkyl halides is 1. The SMILES string of the molecule is CC.O=C(CCCCCNCc1cc2nc3ccc(=O)cc-3oc2cc1O)Nc1ccc(OP(=O)(O)O)c(CF)c1. The van der Waals surface area contributed by atoms with Crippen molar-refractivity contribution in [2.45, 2.75) is 52.8 Å². The maximum absolute atomic E-state index is 13.2. The number of fused-ring (bicyclic) bond motifs is 2. The highest BCUT2D eigenvalue weighted by atomic mass is 31.2. The van der Waals surface area contributed by atoms with Crippen LogP contribution in [0.3, 0.4) is 0 Å². The molecule has 0 unspecified atom stereocenters. The van der Waals surface area contributed by atoms with Crippen molar-refractivity contribution in [2.75, 3.05) is 11.9 Å². The van der Waals surface area contributed by atoms with Crippen LogP contribution in [0.25, 0.3) is 22.6 Å². The van der Waals surface area contributed by atoms with E-state index in [0.717, 1.165) is 12.8 Å². The number of nitrogens with zero attached hydrogens (tertiary/aromatic N) is 1. The molecule has 1 aliphatic carbocycles. The second-order valence-corrected chi connectivity index (χ2v) is 10.0. The third kappa shape index (κ3) is 9.36. The van der Waals surface area contributed by atoms with Gasteiger partial charge >= 0.3 is 7.82 Å². The standard InChI is InChI=1S/C26H27FN3O8P.C2H6/c27-14-16-10-18(5-8-23(16)38-39(34,35)36)29-26(33)4-2-1-3-9-28-15-17-11-21-25(13-22(17)32)37-24-12-19(31)6-7-20(24)30-21;1-2/h5-8,10-13,28,32H,1-4,9,14-15H2,(H,29,33)(H2,34,35,36);1-2H3. The van der Waals surface area contributed by atoms with Gasteiger partial charge in [0.05, 0.1) is 0 Å². The molecule has 220 valence electrons. The number of rotatable bonds is 12. The summed E-state index contributed by atoms with van der Waals surface area (Å²) >= 11 is 0. The number of carbonyl (C=O) groups excluding carboxylic acids is 1. The van der Waals surface area contributed by atoms with Crippen molar-refractivity contribution in [1.29, 1.82) is 0 Å². The van der Waals surface area contributed by atoms with E-state index in [2.05, 4.69) is 20.1 Å². The lowest BCUT2D eigenvalue weighted by atomic mass is 10.1. The molecule has 0 aromatic heterocycles. The number of unbranched alkanes of at least 4 members (excludes halogenated alkanes) is 2. The quantitative estimate of drug-likeness (QED) is 0.0835. The molecule has 1 heterocycles. The van der Waals surface area contributed by atoms with Gasteiger partial charge in [-0.15, -0.1) is 0 Å². The first-order chi connectivity index (χ1) is 19.6. The Morgan fingerprint density at radius 2 is 1.83 bits per heavy atom. The van der Waals surface area contributed by atoms with Crippen LogP contribution in [0.4, 0.5) is 10.1 Å². The maximum atomic E-state index is 13.2. The van der Waals surface area contributed by atoms with Crippen molar-refractivity contribution in [3.8, 4) is 23.0 Å². The Labute approximate surface area is 236 Å². The highest BCUT2D eigenvalue weighted by Gasteiger charge is 2.19. The number of halogens is 1. The predicted molar refractivity (Wildman–Crippen MR) is 153 cm³/mol. The van der Waals surface area contributed by atoms with Gasteiger partial charge in [0.15, 0.2) is 16.8 Å². The molecule has 2 aliphatic rings. The van der Waals surface area contributed by atoms with Crippen LogP contribution >= 0.6 is 7.82 Å². The first kappa shape index (κ1) is 31.7. The molecule has 0 bridgehead atoms. The number of carbonyl (C=O) groups is 1. The van der Waals surface area contributed by atoms with Gasteiger partial charge < -0.3 is 24.7 Å². The van der Waals surface area contributed by atoms with Crippen molar-refractivity contribution in [3.63, 3.8) is 0 Å². The Kier molecular flexibility index (Phi) is 11.4. The maximum Gasteiger partial charge on any atom is 0.524 e. The summed E-state index contributed by atoms with van der Waals surface area (Å²) in [6, 6.07) is 11.4. The number of aromatic hydroxyl groups is 1. The molecule has 4 rings (SSSR count). The zero-order valence-corrected chi connectivity index (χ0v) is 23.6. The smallest absolute Gasteiger partial charge is 0.507 e. The Morgan fingerprint density at radius 3 is 2.56 bits per heavy atom. The Morgan fingerprint density at radius 1 is 1.05 bits per heavy atom. The third-order valence-electron chi connectivity index (χ3n) is 5.83. The monoisotopic (exact) mass is 589 g/mol. The highest BCUT2D eigenvalue weighted by molar-refractivity contribution is 7.46. The number of hydrogen-bond donors (Lipinski definition) is 5. The van der Waals surface area contributed by atoms with Gasteiger partial charge in [-0.3, -0.25) is 19.4 Å². The summed E-state index contributed by atoms with van der Waals surface area (Å²) in [4.78, 5) is 46.0. The molecule has 0 atom stereocenters. The van der Waals surface area contributed by atoms with E-state index in [0.29, 0.717) is 53.3 Å². The van der Waals surface area contributed by atoms with Gasteiger partial charge in [-0.05, 0) is 55.8 Å². The largest absolute Gasteiger partial charge is 0.524 e. The van der Waals surface area contributed by atoms with Crippen LogP contribution in [0.1, 0.15) is 50.7 Å². The average Bonchev–Trinajstić information content (AvgIpc) is 2.93. The fraction of sp³-hybridized carbons (Fsp3) is 0.321. The number of aromatic nitrogens is 1.